The zero-order valence-corrected chi connectivity index (χ0v) is 11.4. The molecule has 1 rings (SSSR count). The van der Waals surface area contributed by atoms with Crippen molar-refractivity contribution >= 4 is 21.9 Å². The Morgan fingerprint density at radius 2 is 2.05 bits per heavy atom. The van der Waals surface area contributed by atoms with Crippen LogP contribution in [0.15, 0.2) is 29.4 Å². The SMILES string of the molecule is CNS(=O)(=O)Cc1ccc(N/N=C\CCC#N)cc1. The van der Waals surface area contributed by atoms with Gasteiger partial charge >= 0.3 is 0 Å². The van der Waals surface area contributed by atoms with Gasteiger partial charge in [-0.1, -0.05) is 12.1 Å². The van der Waals surface area contributed by atoms with Crippen molar-refractivity contribution in [2.45, 2.75) is 18.6 Å². The van der Waals surface area contributed by atoms with Crippen LogP contribution < -0.4 is 10.1 Å². The number of hydrogen-bond acceptors (Lipinski definition) is 5. The van der Waals surface area contributed by atoms with E-state index in [4.69, 9.17) is 5.26 Å². The van der Waals surface area contributed by atoms with Gasteiger partial charge in [-0.2, -0.15) is 10.4 Å². The van der Waals surface area contributed by atoms with E-state index in [1.807, 2.05) is 6.07 Å². The van der Waals surface area contributed by atoms with Crippen LogP contribution in [0.3, 0.4) is 0 Å². The lowest BCUT2D eigenvalue weighted by atomic mass is 10.2. The Morgan fingerprint density at radius 3 is 2.63 bits per heavy atom. The first-order valence-corrected chi connectivity index (χ1v) is 7.37. The van der Waals surface area contributed by atoms with Gasteiger partial charge in [0, 0.05) is 12.6 Å². The molecule has 0 fully saturated rings. The van der Waals surface area contributed by atoms with Crippen molar-refractivity contribution < 1.29 is 8.42 Å². The van der Waals surface area contributed by atoms with E-state index >= 15 is 0 Å². The molecule has 0 atom stereocenters. The molecule has 0 aromatic heterocycles. The maximum atomic E-state index is 11.3. The van der Waals surface area contributed by atoms with Crippen LogP contribution in [0.5, 0.6) is 0 Å². The molecule has 0 unspecified atom stereocenters. The zero-order valence-electron chi connectivity index (χ0n) is 10.6. The molecule has 1 aromatic rings. The average Bonchev–Trinajstić information content (AvgIpc) is 2.40. The fraction of sp³-hybridized carbons (Fsp3) is 0.333. The highest BCUT2D eigenvalue weighted by Crippen LogP contribution is 2.11. The molecule has 1 aromatic carbocycles. The third-order valence-corrected chi connectivity index (χ3v) is 3.63. The Bertz CT molecular complexity index is 558. The van der Waals surface area contributed by atoms with Gasteiger partial charge in [0.05, 0.1) is 17.5 Å². The number of hydrogen-bond donors (Lipinski definition) is 2. The minimum atomic E-state index is -3.24. The van der Waals surface area contributed by atoms with Crippen molar-refractivity contribution in [2.24, 2.45) is 5.10 Å². The summed E-state index contributed by atoms with van der Waals surface area (Å²) in [6.45, 7) is 0. The number of unbranched alkanes of at least 4 members (excludes halogenated alkanes) is 1. The molecule has 2 N–H and O–H groups in total. The third kappa shape index (κ3) is 5.99. The van der Waals surface area contributed by atoms with Gasteiger partial charge in [0.15, 0.2) is 0 Å². The van der Waals surface area contributed by atoms with Crippen molar-refractivity contribution in [3.05, 3.63) is 29.8 Å². The van der Waals surface area contributed by atoms with E-state index in [-0.39, 0.29) is 5.75 Å². The molecule has 102 valence electrons. The lowest BCUT2D eigenvalue weighted by Gasteiger charge is -2.04. The third-order valence-electron chi connectivity index (χ3n) is 2.29. The maximum Gasteiger partial charge on any atom is 0.215 e. The van der Waals surface area contributed by atoms with Crippen molar-refractivity contribution in [2.75, 3.05) is 12.5 Å². The van der Waals surface area contributed by atoms with Crippen LogP contribution in [0.25, 0.3) is 0 Å². The van der Waals surface area contributed by atoms with Gasteiger partial charge in [0.25, 0.3) is 0 Å². The Balaban J connectivity index is 2.53. The highest BCUT2D eigenvalue weighted by molar-refractivity contribution is 7.88. The fourth-order valence-corrected chi connectivity index (χ4v) is 2.06. The molecule has 7 heteroatoms. The van der Waals surface area contributed by atoms with Crippen LogP contribution in [0.1, 0.15) is 18.4 Å². The van der Waals surface area contributed by atoms with Crippen molar-refractivity contribution in [1.82, 2.24) is 4.72 Å². The average molecular weight is 280 g/mol. The molecule has 0 aliphatic rings. The molecule has 0 heterocycles. The van der Waals surface area contributed by atoms with E-state index in [2.05, 4.69) is 15.2 Å². The molecule has 0 amide bonds. The Morgan fingerprint density at radius 1 is 1.37 bits per heavy atom. The van der Waals surface area contributed by atoms with E-state index in [9.17, 15) is 8.42 Å². The Kier molecular flexibility index (Phi) is 5.99. The normalized spacial score (nSPS) is 11.4. The first-order chi connectivity index (χ1) is 9.07. The number of sulfonamides is 1. The summed E-state index contributed by atoms with van der Waals surface area (Å²) in [5.41, 5.74) is 4.27. The van der Waals surface area contributed by atoms with E-state index in [1.54, 1.807) is 30.5 Å². The first-order valence-electron chi connectivity index (χ1n) is 5.72. The van der Waals surface area contributed by atoms with Crippen molar-refractivity contribution in [1.29, 1.82) is 5.26 Å². The largest absolute Gasteiger partial charge is 0.279 e. The number of anilines is 1. The summed E-state index contributed by atoms with van der Waals surface area (Å²) in [4.78, 5) is 0. The van der Waals surface area contributed by atoms with Gasteiger partial charge in [-0.05, 0) is 31.2 Å². The highest BCUT2D eigenvalue weighted by atomic mass is 32.2. The molecule has 6 nitrogen and oxygen atoms in total. The summed E-state index contributed by atoms with van der Waals surface area (Å²) in [5, 5.41) is 12.3. The van der Waals surface area contributed by atoms with Gasteiger partial charge in [0.1, 0.15) is 0 Å². The van der Waals surface area contributed by atoms with Gasteiger partial charge < -0.3 is 0 Å². The van der Waals surface area contributed by atoms with Crippen LogP contribution in [0.2, 0.25) is 0 Å². The summed E-state index contributed by atoms with van der Waals surface area (Å²) >= 11 is 0. The minimum absolute atomic E-state index is 0.0464. The predicted octanol–water partition coefficient (Wildman–Crippen LogP) is 1.44. The minimum Gasteiger partial charge on any atom is -0.279 e. The second-order valence-electron chi connectivity index (χ2n) is 3.78. The second kappa shape index (κ2) is 7.51. The maximum absolute atomic E-state index is 11.3. The molecule has 0 aliphatic carbocycles. The van der Waals surface area contributed by atoms with E-state index < -0.39 is 10.0 Å². The van der Waals surface area contributed by atoms with Crippen LogP contribution in [0, 0.1) is 11.3 Å². The van der Waals surface area contributed by atoms with E-state index in [0.717, 1.165) is 5.69 Å². The molecule has 19 heavy (non-hydrogen) atoms. The number of benzene rings is 1. The molecule has 0 radical (unpaired) electrons. The topological polar surface area (TPSA) is 94.3 Å². The zero-order chi connectivity index (χ0) is 14.1. The summed E-state index contributed by atoms with van der Waals surface area (Å²) in [5.74, 6) is -0.0464. The van der Waals surface area contributed by atoms with Gasteiger partial charge in [-0.3, -0.25) is 5.43 Å². The van der Waals surface area contributed by atoms with E-state index in [1.165, 1.54) is 7.05 Å². The van der Waals surface area contributed by atoms with Crippen LogP contribution in [-0.2, 0) is 15.8 Å². The summed E-state index contributed by atoms with van der Waals surface area (Å²) in [6.07, 6.45) is 2.66. The van der Waals surface area contributed by atoms with Crippen LogP contribution in [-0.4, -0.2) is 21.7 Å². The monoisotopic (exact) mass is 280 g/mol. The molecular weight excluding hydrogens is 264 g/mol. The molecule has 0 bridgehead atoms. The molecular formula is C12H16N4O2S. The lowest BCUT2D eigenvalue weighted by molar-refractivity contribution is 0.587. The number of nitrogens with one attached hydrogen (secondary N) is 2. The second-order valence-corrected chi connectivity index (χ2v) is 5.71. The molecule has 0 spiro atoms. The Hall–Kier alpha value is -1.91. The van der Waals surface area contributed by atoms with Gasteiger partial charge in [0.2, 0.25) is 10.0 Å². The number of nitriles is 1. The summed E-state index contributed by atoms with van der Waals surface area (Å²) < 4.78 is 25.0. The number of hydrazone groups is 1. The Labute approximate surface area is 113 Å². The van der Waals surface area contributed by atoms with Crippen LogP contribution in [0.4, 0.5) is 5.69 Å². The smallest absolute Gasteiger partial charge is 0.215 e. The van der Waals surface area contributed by atoms with Crippen molar-refractivity contribution in [3.63, 3.8) is 0 Å². The summed E-state index contributed by atoms with van der Waals surface area (Å²) in [6, 6.07) is 8.97. The standard InChI is InChI=1S/C12H16N4O2S/c1-14-19(17,18)10-11-4-6-12(7-5-11)16-15-9-3-2-8-13/h4-7,9,14,16H,2-3,10H2,1H3/b15-9-. The van der Waals surface area contributed by atoms with Crippen LogP contribution >= 0.6 is 0 Å². The highest BCUT2D eigenvalue weighted by Gasteiger charge is 2.07. The molecule has 0 saturated carbocycles. The molecule has 0 aliphatic heterocycles. The van der Waals surface area contributed by atoms with Gasteiger partial charge in [-0.25, -0.2) is 13.1 Å². The fourth-order valence-electron chi connectivity index (χ4n) is 1.28. The van der Waals surface area contributed by atoms with Gasteiger partial charge in [-0.15, -0.1) is 0 Å². The predicted molar refractivity (Wildman–Crippen MR) is 75.1 cm³/mol. The lowest BCUT2D eigenvalue weighted by Crippen LogP contribution is -2.20. The van der Waals surface area contributed by atoms with Crippen molar-refractivity contribution in [3.8, 4) is 6.07 Å². The number of nitrogens with zero attached hydrogens (tertiary/aromatic N) is 2. The summed E-state index contributed by atoms with van der Waals surface area (Å²) in [7, 11) is -1.85. The number of rotatable bonds is 7. The van der Waals surface area contributed by atoms with E-state index in [0.29, 0.717) is 18.4 Å². The quantitative estimate of drug-likeness (QED) is 0.449. The first kappa shape index (κ1) is 15.1. The molecule has 0 saturated heterocycles.